The Balaban J connectivity index is 2.88. The number of carbonyl (C=O) groups excluding carboxylic acids is 3. The van der Waals surface area contributed by atoms with Gasteiger partial charge in [0.2, 0.25) is 10.0 Å². The minimum Gasteiger partial charge on any atom is -0.449 e. The van der Waals surface area contributed by atoms with Crippen LogP contribution in [0.5, 0.6) is 0 Å². The second-order valence-corrected chi connectivity index (χ2v) is 8.48. The molecule has 27 heavy (non-hydrogen) atoms. The number of ether oxygens (including phenoxy) is 1. The van der Waals surface area contributed by atoms with E-state index in [1.54, 1.807) is 20.8 Å². The van der Waals surface area contributed by atoms with Crippen LogP contribution in [0.2, 0.25) is 0 Å². The van der Waals surface area contributed by atoms with Gasteiger partial charge >= 0.3 is 12.0 Å². The smallest absolute Gasteiger partial charge is 0.341 e. The van der Waals surface area contributed by atoms with E-state index in [1.165, 1.54) is 6.92 Å². The molecule has 3 amide bonds. The van der Waals surface area contributed by atoms with E-state index in [9.17, 15) is 27.2 Å². The third kappa shape index (κ3) is 6.61. The number of benzene rings is 1. The van der Waals surface area contributed by atoms with Crippen LogP contribution in [0.25, 0.3) is 0 Å². The molecule has 0 saturated heterocycles. The van der Waals surface area contributed by atoms with Gasteiger partial charge in [0.05, 0.1) is 10.5 Å². The molecule has 0 spiro atoms. The van der Waals surface area contributed by atoms with Crippen molar-refractivity contribution in [3.8, 4) is 0 Å². The molecule has 150 valence electrons. The number of rotatable bonds is 5. The molecule has 1 unspecified atom stereocenters. The predicted octanol–water partition coefficient (Wildman–Crippen LogP) is 0.903. The molecule has 0 fully saturated rings. The summed E-state index contributed by atoms with van der Waals surface area (Å²) in [6.45, 7) is 6.30. The molecular weight excluding hydrogens is 381 g/mol. The first-order valence-corrected chi connectivity index (χ1v) is 9.32. The zero-order chi connectivity index (χ0) is 21.0. The highest BCUT2D eigenvalue weighted by atomic mass is 32.2. The topological polar surface area (TPSA) is 131 Å². The van der Waals surface area contributed by atoms with Crippen LogP contribution < -0.4 is 15.4 Å². The first kappa shape index (κ1) is 22.5. The van der Waals surface area contributed by atoms with Crippen molar-refractivity contribution in [3.05, 3.63) is 29.6 Å². The molecule has 0 bridgehead atoms. The largest absolute Gasteiger partial charge is 0.449 e. The van der Waals surface area contributed by atoms with Gasteiger partial charge in [0.1, 0.15) is 5.82 Å². The van der Waals surface area contributed by atoms with E-state index in [4.69, 9.17) is 4.74 Å². The van der Waals surface area contributed by atoms with E-state index in [2.05, 4.69) is 5.32 Å². The normalized spacial score (nSPS) is 12.8. The summed E-state index contributed by atoms with van der Waals surface area (Å²) in [5.74, 6) is -3.20. The van der Waals surface area contributed by atoms with Gasteiger partial charge in [-0.2, -0.15) is 0 Å². The average Bonchev–Trinajstić information content (AvgIpc) is 2.52. The van der Waals surface area contributed by atoms with Crippen LogP contribution in [-0.4, -0.2) is 45.0 Å². The second-order valence-electron chi connectivity index (χ2n) is 6.59. The zero-order valence-electron chi connectivity index (χ0n) is 15.5. The number of carbonyl (C=O) groups is 3. The minimum atomic E-state index is -3.91. The summed E-state index contributed by atoms with van der Waals surface area (Å²) in [6.07, 6.45) is -1.42. The molecule has 0 aliphatic carbocycles. The van der Waals surface area contributed by atoms with E-state index in [0.717, 1.165) is 25.2 Å². The summed E-state index contributed by atoms with van der Waals surface area (Å²) in [5, 5.41) is 4.47. The van der Waals surface area contributed by atoms with Crippen molar-refractivity contribution < 1.29 is 31.9 Å². The van der Waals surface area contributed by atoms with Crippen molar-refractivity contribution in [2.24, 2.45) is 0 Å². The van der Waals surface area contributed by atoms with Crippen molar-refractivity contribution >= 4 is 27.9 Å². The van der Waals surface area contributed by atoms with Crippen molar-refractivity contribution in [3.63, 3.8) is 0 Å². The predicted molar refractivity (Wildman–Crippen MR) is 94.0 cm³/mol. The Bertz CT molecular complexity index is 848. The highest BCUT2D eigenvalue weighted by Gasteiger charge is 2.25. The summed E-state index contributed by atoms with van der Waals surface area (Å²) in [6, 6.07) is 1.77. The second kappa shape index (κ2) is 8.44. The van der Waals surface area contributed by atoms with Gasteiger partial charge in [-0.15, -0.1) is 0 Å². The van der Waals surface area contributed by atoms with Crippen LogP contribution in [0.3, 0.4) is 0 Å². The van der Waals surface area contributed by atoms with Crippen molar-refractivity contribution in [1.82, 2.24) is 15.4 Å². The Labute approximate surface area is 156 Å². The number of sulfonamides is 1. The van der Waals surface area contributed by atoms with Crippen LogP contribution >= 0.6 is 0 Å². The first-order chi connectivity index (χ1) is 12.3. The zero-order valence-corrected chi connectivity index (χ0v) is 16.4. The van der Waals surface area contributed by atoms with Crippen molar-refractivity contribution in [1.29, 1.82) is 0 Å². The van der Waals surface area contributed by atoms with Crippen LogP contribution in [0.15, 0.2) is 23.1 Å². The molecule has 9 nitrogen and oxygen atoms in total. The number of urea groups is 1. The third-order valence-electron chi connectivity index (χ3n) is 3.12. The van der Waals surface area contributed by atoms with E-state index in [0.29, 0.717) is 0 Å². The summed E-state index contributed by atoms with van der Waals surface area (Å²) < 4.78 is 44.3. The number of hydrogen-bond donors (Lipinski definition) is 3. The fraction of sp³-hybridized carbons (Fsp3) is 0.438. The van der Waals surface area contributed by atoms with Crippen LogP contribution in [0.1, 0.15) is 38.1 Å². The quantitative estimate of drug-likeness (QED) is 0.626. The maximum Gasteiger partial charge on any atom is 0.341 e. The van der Waals surface area contributed by atoms with Crippen molar-refractivity contribution in [2.45, 2.75) is 44.2 Å². The maximum absolute atomic E-state index is 13.9. The molecule has 3 N–H and O–H groups in total. The minimum absolute atomic E-state index is 0.347. The first-order valence-electron chi connectivity index (χ1n) is 7.84. The summed E-state index contributed by atoms with van der Waals surface area (Å²) in [5.41, 5.74) is -1.25. The molecule has 0 heterocycles. The fourth-order valence-corrected chi connectivity index (χ4v) is 2.56. The molecule has 0 aliphatic rings. The Hall–Kier alpha value is -2.53. The Morgan fingerprint density at radius 1 is 1.19 bits per heavy atom. The van der Waals surface area contributed by atoms with Gasteiger partial charge in [0.15, 0.2) is 6.10 Å². The number of hydrogen-bond acceptors (Lipinski definition) is 6. The maximum atomic E-state index is 13.9. The average molecular weight is 403 g/mol. The van der Waals surface area contributed by atoms with Gasteiger partial charge in [-0.05, 0) is 52.9 Å². The van der Waals surface area contributed by atoms with Crippen LogP contribution in [-0.2, 0) is 19.6 Å². The summed E-state index contributed by atoms with van der Waals surface area (Å²) in [7, 11) is -2.75. The van der Waals surface area contributed by atoms with Gasteiger partial charge in [-0.3, -0.25) is 10.1 Å². The molecule has 0 saturated carbocycles. The highest BCUT2D eigenvalue weighted by Crippen LogP contribution is 2.16. The van der Waals surface area contributed by atoms with Crippen molar-refractivity contribution in [2.75, 3.05) is 7.05 Å². The Morgan fingerprint density at radius 3 is 2.30 bits per heavy atom. The third-order valence-corrected chi connectivity index (χ3v) is 4.53. The molecule has 1 aromatic carbocycles. The fourth-order valence-electron chi connectivity index (χ4n) is 1.81. The molecule has 1 atom stereocenters. The summed E-state index contributed by atoms with van der Waals surface area (Å²) >= 11 is 0. The number of nitrogens with one attached hydrogen (secondary N) is 3. The molecule has 1 aromatic rings. The SMILES string of the molecule is CNS(=O)(=O)c1ccc(F)c(C(=O)OC(C)C(=O)NC(=O)NC(C)(C)C)c1. The van der Waals surface area contributed by atoms with E-state index in [-0.39, 0.29) is 4.90 Å². The molecule has 0 radical (unpaired) electrons. The number of imide groups is 1. The standard InChI is InChI=1S/C16H22FN3O6S/c1-9(13(21)19-15(23)20-16(2,3)4)26-14(22)11-8-10(6-7-12(11)17)27(24,25)18-5/h6-9,18H,1-5H3,(H2,19,20,21,23). The van der Waals surface area contributed by atoms with Gasteiger partial charge in [-0.25, -0.2) is 27.1 Å². The summed E-state index contributed by atoms with van der Waals surface area (Å²) in [4.78, 5) is 35.3. The Kier molecular flexibility index (Phi) is 7.04. The lowest BCUT2D eigenvalue weighted by molar-refractivity contribution is -0.127. The molecule has 0 aliphatic heterocycles. The molecule has 11 heteroatoms. The number of esters is 1. The molecular formula is C16H22FN3O6S. The lowest BCUT2D eigenvalue weighted by atomic mass is 10.1. The molecule has 0 aromatic heterocycles. The van der Waals surface area contributed by atoms with E-state index in [1.807, 2.05) is 10.0 Å². The van der Waals surface area contributed by atoms with E-state index < -0.39 is 51.0 Å². The van der Waals surface area contributed by atoms with E-state index >= 15 is 0 Å². The van der Waals surface area contributed by atoms with Gasteiger partial charge in [-0.1, -0.05) is 0 Å². The lowest BCUT2D eigenvalue weighted by Gasteiger charge is -2.21. The van der Waals surface area contributed by atoms with Crippen LogP contribution in [0, 0.1) is 5.82 Å². The highest BCUT2D eigenvalue weighted by molar-refractivity contribution is 7.89. The monoisotopic (exact) mass is 403 g/mol. The van der Waals surface area contributed by atoms with Crippen LogP contribution in [0.4, 0.5) is 9.18 Å². The van der Waals surface area contributed by atoms with Gasteiger partial charge in [0, 0.05) is 5.54 Å². The Morgan fingerprint density at radius 2 is 1.78 bits per heavy atom. The van der Waals surface area contributed by atoms with Gasteiger partial charge in [0.25, 0.3) is 5.91 Å². The number of halogens is 1. The lowest BCUT2D eigenvalue weighted by Crippen LogP contribution is -2.50. The molecule has 1 rings (SSSR count). The number of amides is 3. The van der Waals surface area contributed by atoms with Gasteiger partial charge < -0.3 is 10.1 Å².